The zero-order chi connectivity index (χ0) is 75.8. The summed E-state index contributed by atoms with van der Waals surface area (Å²) in [6, 6.07) is 0.135. The van der Waals surface area contributed by atoms with Gasteiger partial charge in [-0.2, -0.15) is 0 Å². The van der Waals surface area contributed by atoms with E-state index in [1.54, 1.807) is 0 Å². The van der Waals surface area contributed by atoms with E-state index in [-0.39, 0.29) is 43.0 Å². The third-order valence-electron chi connectivity index (χ3n) is 22.0. The van der Waals surface area contributed by atoms with E-state index in [1.807, 2.05) is 0 Å². The van der Waals surface area contributed by atoms with E-state index in [2.05, 4.69) is 57.6 Å². The minimum Gasteiger partial charge on any atom is -0.394 e. The molecular formula is C86H175N4O12Si+. The van der Waals surface area contributed by atoms with Crippen LogP contribution in [0.15, 0.2) is 0 Å². The molecule has 16 nitrogen and oxygen atoms in total. The molecule has 0 aliphatic carbocycles. The molecule has 0 bridgehead atoms. The molecule has 0 aromatic carbocycles. The lowest BCUT2D eigenvalue weighted by Crippen LogP contribution is -2.65. The number of nitrogens with one attached hydrogen (secondary N) is 3. The van der Waals surface area contributed by atoms with Gasteiger partial charge >= 0.3 is 8.80 Å². The molecule has 0 heterocycles. The standard InChI is InChI=1S/C86H174N4O12Si/c1-7-12-17-22-27-32-35-38-41-44-49-54-59-65-81(97)87-84(72-91,73-92)78-100-103(101-79-85(74-93,75-94)88-82(98)66-60-55-50-45-42-39-36-33-28-23-18-13-8-2,102-80-86(76-95,77-96)89-83(99)67-61-56-51-46-43-40-37-34-29-24-19-14-9-3)71-64-70-90(6,68-62-57-52-47-30-25-20-15-10-4)69-63-58-53-48-31-26-21-16-11-5/h91-96H,7-80H2,1-6H3,(H2-,87,88,89,97,98,99)/p+1. The Morgan fingerprint density at radius 2 is 0.427 bits per heavy atom. The van der Waals surface area contributed by atoms with Gasteiger partial charge in [-0.15, -0.1) is 0 Å². The minimum absolute atomic E-state index is 0.135. The average Bonchev–Trinajstić information content (AvgIpc) is 0.807. The third-order valence-corrected chi connectivity index (χ3v) is 24.8. The molecule has 0 aromatic rings. The van der Waals surface area contributed by atoms with E-state index in [1.165, 1.54) is 263 Å². The summed E-state index contributed by atoms with van der Waals surface area (Å²) in [6.07, 6.45) is 68.6. The van der Waals surface area contributed by atoms with Crippen molar-refractivity contribution in [2.45, 2.75) is 449 Å². The molecule has 0 rings (SSSR count). The van der Waals surface area contributed by atoms with E-state index in [4.69, 9.17) is 13.3 Å². The Morgan fingerprint density at radius 3 is 0.612 bits per heavy atom. The summed E-state index contributed by atoms with van der Waals surface area (Å²) in [5.74, 6) is -1.04. The second-order valence-electron chi connectivity index (χ2n) is 32.5. The van der Waals surface area contributed by atoms with Crippen LogP contribution in [0.2, 0.25) is 6.04 Å². The number of hydrogen-bond acceptors (Lipinski definition) is 12. The molecule has 0 saturated carbocycles. The highest BCUT2D eigenvalue weighted by Crippen LogP contribution is 2.28. The van der Waals surface area contributed by atoms with E-state index < -0.39 is 84.9 Å². The molecular weight excluding hydrogens is 1310 g/mol. The number of quaternary nitrogens is 1. The highest BCUT2D eigenvalue weighted by atomic mass is 28.4. The molecule has 103 heavy (non-hydrogen) atoms. The fraction of sp³-hybridized carbons (Fsp3) is 0.965. The number of carbonyl (C=O) groups excluding carboxylic acids is 3. The number of aliphatic hydroxyl groups excluding tert-OH is 6. The van der Waals surface area contributed by atoms with E-state index in [0.29, 0.717) is 32.2 Å². The predicted octanol–water partition coefficient (Wildman–Crippen LogP) is 19.8. The van der Waals surface area contributed by atoms with Gasteiger partial charge in [0.05, 0.1) is 86.1 Å². The van der Waals surface area contributed by atoms with Crippen LogP contribution in [-0.2, 0) is 27.7 Å². The van der Waals surface area contributed by atoms with Crippen molar-refractivity contribution < 1.29 is 62.8 Å². The van der Waals surface area contributed by atoms with Crippen molar-refractivity contribution in [3.05, 3.63) is 0 Å². The Bertz CT molecular complexity index is 1670. The van der Waals surface area contributed by atoms with Crippen LogP contribution in [0.1, 0.15) is 426 Å². The zero-order valence-electron chi connectivity index (χ0n) is 68.9. The SMILES string of the molecule is CCCCCCCCCCCCCCCC(=O)NC(CO)(CO)CO[Si](CCC[N+](C)(CCCCCCCCCCC)CCCCCCCCCCC)(OCC(CO)(CO)NC(=O)CCCCCCCCCCCCCCC)OCC(CO)(CO)NC(=O)CCCCCCCCCCCCCCC. The molecule has 0 radical (unpaired) electrons. The van der Waals surface area contributed by atoms with Crippen molar-refractivity contribution in [2.24, 2.45) is 0 Å². The summed E-state index contributed by atoms with van der Waals surface area (Å²) >= 11 is 0. The largest absolute Gasteiger partial charge is 0.501 e. The zero-order valence-corrected chi connectivity index (χ0v) is 69.9. The molecule has 17 heteroatoms. The number of carbonyl (C=O) groups is 3. The second-order valence-corrected chi connectivity index (χ2v) is 35.2. The molecule has 0 fully saturated rings. The number of nitrogens with zero attached hydrogens (tertiary/aromatic N) is 1. The highest BCUT2D eigenvalue weighted by Gasteiger charge is 2.49. The van der Waals surface area contributed by atoms with Crippen molar-refractivity contribution in [1.82, 2.24) is 16.0 Å². The normalized spacial score (nSPS) is 12.5. The van der Waals surface area contributed by atoms with Crippen LogP contribution < -0.4 is 16.0 Å². The minimum atomic E-state index is -4.41. The van der Waals surface area contributed by atoms with E-state index in [9.17, 15) is 45.0 Å². The van der Waals surface area contributed by atoms with Gasteiger partial charge in [0.2, 0.25) is 17.7 Å². The molecule has 0 unspecified atom stereocenters. The fourth-order valence-corrected chi connectivity index (χ4v) is 17.2. The Labute approximate surface area is 637 Å². The van der Waals surface area contributed by atoms with E-state index >= 15 is 0 Å². The lowest BCUT2D eigenvalue weighted by atomic mass is 10.0. The van der Waals surface area contributed by atoms with Crippen LogP contribution in [-0.4, -0.2) is 164 Å². The fourth-order valence-electron chi connectivity index (χ4n) is 14.5. The molecule has 0 aliphatic heterocycles. The molecule has 0 aliphatic rings. The number of hydrogen-bond donors (Lipinski definition) is 9. The summed E-state index contributed by atoms with van der Waals surface area (Å²) in [5.41, 5.74) is -5.10. The average molecular weight is 1490 g/mol. The summed E-state index contributed by atoms with van der Waals surface area (Å²) < 4.78 is 21.9. The highest BCUT2D eigenvalue weighted by molar-refractivity contribution is 6.60. The first kappa shape index (κ1) is 101. The number of rotatable bonds is 84. The summed E-state index contributed by atoms with van der Waals surface area (Å²) in [5, 5.41) is 76.4. The summed E-state index contributed by atoms with van der Waals surface area (Å²) in [6.45, 7) is 8.38. The number of amides is 3. The maximum absolute atomic E-state index is 13.9. The summed E-state index contributed by atoms with van der Waals surface area (Å²) in [7, 11) is -2.08. The Hall–Kier alpha value is -1.77. The first-order valence-corrected chi connectivity index (χ1v) is 46.4. The van der Waals surface area contributed by atoms with Crippen LogP contribution in [0.4, 0.5) is 0 Å². The Balaban J connectivity index is 7.19. The lowest BCUT2D eigenvalue weighted by Gasteiger charge is -2.41. The van der Waals surface area contributed by atoms with Crippen LogP contribution in [0.3, 0.4) is 0 Å². The Morgan fingerprint density at radius 1 is 0.262 bits per heavy atom. The molecule has 0 aromatic heterocycles. The van der Waals surface area contributed by atoms with Crippen molar-refractivity contribution in [2.75, 3.05) is 86.1 Å². The van der Waals surface area contributed by atoms with Crippen molar-refractivity contribution in [3.8, 4) is 0 Å². The molecule has 0 spiro atoms. The number of aliphatic hydroxyl groups is 6. The van der Waals surface area contributed by atoms with Crippen LogP contribution in [0.25, 0.3) is 0 Å². The first-order chi connectivity index (χ1) is 50.2. The van der Waals surface area contributed by atoms with Crippen LogP contribution in [0, 0.1) is 0 Å². The van der Waals surface area contributed by atoms with Gasteiger partial charge in [-0.05, 0) is 44.9 Å². The predicted molar refractivity (Wildman–Crippen MR) is 434 cm³/mol. The molecule has 9 N–H and O–H groups in total. The van der Waals surface area contributed by atoms with Gasteiger partial charge in [-0.3, -0.25) is 14.4 Å². The van der Waals surface area contributed by atoms with Crippen LogP contribution >= 0.6 is 0 Å². The molecule has 0 atom stereocenters. The maximum Gasteiger partial charge on any atom is 0.501 e. The van der Waals surface area contributed by atoms with Gasteiger partial charge in [0.25, 0.3) is 0 Å². The second kappa shape index (κ2) is 71.8. The van der Waals surface area contributed by atoms with Gasteiger partial charge in [0.15, 0.2) is 0 Å². The van der Waals surface area contributed by atoms with Crippen molar-refractivity contribution in [3.63, 3.8) is 0 Å². The molecule has 3 amide bonds. The monoisotopic (exact) mass is 1480 g/mol. The van der Waals surface area contributed by atoms with Crippen molar-refractivity contribution in [1.29, 1.82) is 0 Å². The first-order valence-electron chi connectivity index (χ1n) is 44.5. The van der Waals surface area contributed by atoms with Gasteiger partial charge in [0, 0.05) is 31.7 Å². The lowest BCUT2D eigenvalue weighted by molar-refractivity contribution is -0.910. The van der Waals surface area contributed by atoms with Gasteiger partial charge < -0.3 is 64.4 Å². The molecule has 0 saturated heterocycles. The number of unbranched alkanes of at least 4 members (excludes halogenated alkanes) is 52. The molecule has 614 valence electrons. The van der Waals surface area contributed by atoms with Gasteiger partial charge in [-0.25, -0.2) is 0 Å². The van der Waals surface area contributed by atoms with Crippen LogP contribution in [0.5, 0.6) is 0 Å². The van der Waals surface area contributed by atoms with Crippen molar-refractivity contribution >= 4 is 26.5 Å². The third kappa shape index (κ3) is 57.9. The summed E-state index contributed by atoms with van der Waals surface area (Å²) in [4.78, 5) is 41.8. The topological polar surface area (TPSA) is 236 Å². The maximum atomic E-state index is 13.9. The van der Waals surface area contributed by atoms with Gasteiger partial charge in [-0.1, -0.05) is 356 Å². The quantitative estimate of drug-likeness (QED) is 0.0157. The van der Waals surface area contributed by atoms with E-state index in [0.717, 1.165) is 101 Å². The smallest absolute Gasteiger partial charge is 0.394 e. The van der Waals surface area contributed by atoms with Gasteiger partial charge in [0.1, 0.15) is 16.6 Å². The Kier molecular flexibility index (Phi) is 70.6.